The zero-order chi connectivity index (χ0) is 11.7. The minimum atomic E-state index is -0.963. The number of hydrogen-bond acceptors (Lipinski definition) is 3. The molecule has 16 heavy (non-hydrogen) atoms. The summed E-state index contributed by atoms with van der Waals surface area (Å²) in [6.45, 7) is 0.737. The highest BCUT2D eigenvalue weighted by atomic mass is 16.4. The van der Waals surface area contributed by atoms with Crippen molar-refractivity contribution in [2.75, 3.05) is 13.6 Å². The van der Waals surface area contributed by atoms with Gasteiger partial charge in [0.05, 0.1) is 11.6 Å². The molecule has 0 saturated carbocycles. The molecule has 0 bridgehead atoms. The van der Waals surface area contributed by atoms with Crippen LogP contribution in [-0.4, -0.2) is 35.4 Å². The van der Waals surface area contributed by atoms with Gasteiger partial charge >= 0.3 is 5.97 Å². The van der Waals surface area contributed by atoms with Crippen LogP contribution in [0.25, 0.3) is 0 Å². The van der Waals surface area contributed by atoms with Crippen LogP contribution < -0.4 is 0 Å². The van der Waals surface area contributed by atoms with Crippen molar-refractivity contribution < 1.29 is 14.7 Å². The minimum absolute atomic E-state index is 0.157. The fraction of sp³-hybridized carbons (Fsp3) is 0.333. The van der Waals surface area contributed by atoms with Crippen molar-refractivity contribution in [2.45, 2.75) is 12.5 Å². The first kappa shape index (κ1) is 10.8. The molecular weight excluding hydrogens is 206 g/mol. The second-order valence-corrected chi connectivity index (χ2v) is 4.03. The van der Waals surface area contributed by atoms with Crippen molar-refractivity contribution in [3.05, 3.63) is 35.4 Å². The Kier molecular flexibility index (Phi) is 2.75. The molecule has 1 atom stereocenters. The second-order valence-electron chi connectivity index (χ2n) is 4.03. The van der Waals surface area contributed by atoms with Crippen LogP contribution in [0.1, 0.15) is 28.4 Å². The molecule has 0 spiro atoms. The molecular formula is C12H13NO3. The summed E-state index contributed by atoms with van der Waals surface area (Å²) in [7, 11) is 1.88. The smallest absolute Gasteiger partial charge is 0.335 e. The van der Waals surface area contributed by atoms with Gasteiger partial charge in [-0.3, -0.25) is 9.69 Å². The molecule has 0 radical (unpaired) electrons. The van der Waals surface area contributed by atoms with E-state index in [0.717, 1.165) is 12.1 Å². The predicted octanol–water partition coefficient (Wildman–Crippen LogP) is 1.33. The number of aromatic carboxylic acids is 1. The molecule has 1 unspecified atom stereocenters. The van der Waals surface area contributed by atoms with Gasteiger partial charge in [-0.1, -0.05) is 12.1 Å². The van der Waals surface area contributed by atoms with E-state index in [4.69, 9.17) is 5.11 Å². The number of carbonyl (C=O) groups excluding carboxylic acids is 1. The molecule has 1 aromatic rings. The van der Waals surface area contributed by atoms with E-state index in [0.29, 0.717) is 6.42 Å². The number of rotatable bonds is 2. The molecule has 1 saturated heterocycles. The quantitative estimate of drug-likeness (QED) is 0.815. The van der Waals surface area contributed by atoms with Gasteiger partial charge < -0.3 is 5.11 Å². The number of ketones is 1. The molecule has 84 valence electrons. The lowest BCUT2D eigenvalue weighted by Crippen LogP contribution is -2.21. The van der Waals surface area contributed by atoms with Crippen molar-refractivity contribution in [3.63, 3.8) is 0 Å². The number of carboxylic acid groups (broad SMARTS) is 1. The van der Waals surface area contributed by atoms with Gasteiger partial charge in [-0.2, -0.15) is 0 Å². The molecule has 1 N–H and O–H groups in total. The number of carbonyl (C=O) groups is 2. The van der Waals surface area contributed by atoms with Gasteiger partial charge in [0.1, 0.15) is 0 Å². The Morgan fingerprint density at radius 1 is 1.50 bits per heavy atom. The Hall–Kier alpha value is -1.68. The average Bonchev–Trinajstić information content (AvgIpc) is 2.59. The van der Waals surface area contributed by atoms with Gasteiger partial charge in [0.25, 0.3) is 0 Å². The monoisotopic (exact) mass is 219 g/mol. The Labute approximate surface area is 93.5 Å². The Morgan fingerprint density at radius 2 is 2.25 bits per heavy atom. The maximum Gasteiger partial charge on any atom is 0.335 e. The van der Waals surface area contributed by atoms with Gasteiger partial charge in [-0.15, -0.1) is 0 Å². The maximum atomic E-state index is 11.7. The summed E-state index contributed by atoms with van der Waals surface area (Å²) >= 11 is 0. The summed E-state index contributed by atoms with van der Waals surface area (Å²) in [5.74, 6) is -0.806. The molecule has 1 aromatic carbocycles. The third-order valence-electron chi connectivity index (χ3n) is 2.91. The molecule has 4 heteroatoms. The molecule has 4 nitrogen and oxygen atoms in total. The van der Waals surface area contributed by atoms with Gasteiger partial charge in [-0.25, -0.2) is 4.79 Å². The Balaban J connectivity index is 2.36. The first-order chi connectivity index (χ1) is 7.59. The van der Waals surface area contributed by atoms with Crippen LogP contribution in [0, 0.1) is 0 Å². The first-order valence-electron chi connectivity index (χ1n) is 5.16. The average molecular weight is 219 g/mol. The summed E-state index contributed by atoms with van der Waals surface area (Å²) < 4.78 is 0. The van der Waals surface area contributed by atoms with Crippen molar-refractivity contribution >= 4 is 11.8 Å². The Morgan fingerprint density at radius 3 is 2.81 bits per heavy atom. The van der Waals surface area contributed by atoms with Crippen molar-refractivity contribution in [1.29, 1.82) is 0 Å². The van der Waals surface area contributed by atoms with Crippen molar-refractivity contribution in [1.82, 2.24) is 4.90 Å². The maximum absolute atomic E-state index is 11.7. The van der Waals surface area contributed by atoms with E-state index < -0.39 is 5.97 Å². The predicted molar refractivity (Wildman–Crippen MR) is 58.4 cm³/mol. The van der Waals surface area contributed by atoms with E-state index >= 15 is 0 Å². The normalized spacial score (nSPS) is 21.3. The van der Waals surface area contributed by atoms with E-state index in [1.165, 1.54) is 6.07 Å². The van der Waals surface area contributed by atoms with Crippen molar-refractivity contribution in [2.24, 2.45) is 0 Å². The lowest BCUT2D eigenvalue weighted by Gasteiger charge is -2.18. The lowest BCUT2D eigenvalue weighted by atomic mass is 10.0. The first-order valence-corrected chi connectivity index (χ1v) is 5.16. The van der Waals surface area contributed by atoms with E-state index in [1.807, 2.05) is 11.9 Å². The highest BCUT2D eigenvalue weighted by Gasteiger charge is 2.31. The van der Waals surface area contributed by atoms with Crippen LogP contribution in [0.4, 0.5) is 0 Å². The Bertz CT molecular complexity index is 442. The minimum Gasteiger partial charge on any atom is -0.478 e. The third kappa shape index (κ3) is 1.84. The number of benzene rings is 1. The molecule has 1 aliphatic rings. The highest BCUT2D eigenvalue weighted by molar-refractivity contribution is 5.90. The van der Waals surface area contributed by atoms with E-state index in [1.54, 1.807) is 18.2 Å². The number of nitrogens with zero attached hydrogens (tertiary/aromatic N) is 1. The molecule has 2 rings (SSSR count). The summed E-state index contributed by atoms with van der Waals surface area (Å²) in [5.41, 5.74) is 0.996. The van der Waals surface area contributed by atoms with E-state index in [9.17, 15) is 9.59 Å². The molecule has 0 amide bonds. The van der Waals surface area contributed by atoms with Gasteiger partial charge in [-0.05, 0) is 24.7 Å². The summed E-state index contributed by atoms with van der Waals surface area (Å²) in [4.78, 5) is 24.5. The molecule has 0 aromatic heterocycles. The van der Waals surface area contributed by atoms with Crippen LogP contribution in [0.2, 0.25) is 0 Å². The van der Waals surface area contributed by atoms with E-state index in [2.05, 4.69) is 0 Å². The number of Topliss-reactive ketones (excluding diaryl/α,β-unsaturated/α-hetero) is 1. The van der Waals surface area contributed by atoms with Crippen LogP contribution >= 0.6 is 0 Å². The van der Waals surface area contributed by atoms with E-state index in [-0.39, 0.29) is 17.4 Å². The zero-order valence-corrected chi connectivity index (χ0v) is 9.01. The fourth-order valence-corrected chi connectivity index (χ4v) is 2.08. The van der Waals surface area contributed by atoms with Gasteiger partial charge in [0.2, 0.25) is 0 Å². The van der Waals surface area contributed by atoms with Crippen LogP contribution in [0.3, 0.4) is 0 Å². The van der Waals surface area contributed by atoms with Gasteiger partial charge in [0, 0.05) is 13.0 Å². The summed E-state index contributed by atoms with van der Waals surface area (Å²) in [6, 6.07) is 6.31. The highest BCUT2D eigenvalue weighted by Crippen LogP contribution is 2.27. The number of hydrogen-bond donors (Lipinski definition) is 1. The van der Waals surface area contributed by atoms with Crippen LogP contribution in [0.15, 0.2) is 24.3 Å². The SMILES string of the molecule is CN1CCC(=O)C1c1cccc(C(=O)O)c1. The number of likely N-dealkylation sites (tertiary alicyclic amines) is 1. The zero-order valence-electron chi connectivity index (χ0n) is 9.01. The third-order valence-corrected chi connectivity index (χ3v) is 2.91. The van der Waals surface area contributed by atoms with Gasteiger partial charge in [0.15, 0.2) is 5.78 Å². The summed E-state index contributed by atoms with van der Waals surface area (Å²) in [5, 5.41) is 8.89. The molecule has 0 aliphatic carbocycles. The summed E-state index contributed by atoms with van der Waals surface area (Å²) in [6.07, 6.45) is 0.540. The van der Waals surface area contributed by atoms with Crippen molar-refractivity contribution in [3.8, 4) is 0 Å². The molecule has 1 aliphatic heterocycles. The topological polar surface area (TPSA) is 57.6 Å². The van der Waals surface area contributed by atoms with Crippen LogP contribution in [0.5, 0.6) is 0 Å². The number of carboxylic acids is 1. The lowest BCUT2D eigenvalue weighted by molar-refractivity contribution is -0.119. The fourth-order valence-electron chi connectivity index (χ4n) is 2.08. The molecule has 1 fully saturated rings. The number of likely N-dealkylation sites (N-methyl/N-ethyl adjacent to an activating group) is 1. The second kappa shape index (κ2) is 4.06. The standard InChI is InChI=1S/C12H13NO3/c1-13-6-5-10(14)11(13)8-3-2-4-9(7-8)12(15)16/h2-4,7,11H,5-6H2,1H3,(H,15,16). The van der Waals surface area contributed by atoms with Crippen LogP contribution in [-0.2, 0) is 4.79 Å². The largest absolute Gasteiger partial charge is 0.478 e. The molecule has 1 heterocycles.